The molecule has 1 fully saturated rings. The summed E-state index contributed by atoms with van der Waals surface area (Å²) in [4.78, 5) is 5.40. The van der Waals surface area contributed by atoms with Crippen LogP contribution in [0.2, 0.25) is 0 Å². The molecule has 7 aromatic rings. The zero-order chi connectivity index (χ0) is 39.0. The summed E-state index contributed by atoms with van der Waals surface area (Å²) in [7, 11) is -3.01. The van der Waals surface area contributed by atoms with Crippen molar-refractivity contribution in [3.05, 3.63) is 192 Å². The summed E-state index contributed by atoms with van der Waals surface area (Å²) >= 11 is 3.87. The minimum Gasteiger partial charge on any atom is -0.0895 e. The third-order valence-electron chi connectivity index (χ3n) is 13.1. The maximum Gasteiger partial charge on any atom is 0.180 e. The highest BCUT2D eigenvalue weighted by Crippen LogP contribution is 2.53. The van der Waals surface area contributed by atoms with E-state index in [0.717, 1.165) is 25.7 Å². The molecule has 0 atom stereocenters. The van der Waals surface area contributed by atoms with E-state index in [-0.39, 0.29) is 10.8 Å². The average molecular weight is 778 g/mol. The van der Waals surface area contributed by atoms with Crippen molar-refractivity contribution >= 4 is 52.3 Å². The van der Waals surface area contributed by atoms with Gasteiger partial charge >= 0.3 is 0 Å². The summed E-state index contributed by atoms with van der Waals surface area (Å²) < 4.78 is 10.4. The predicted octanol–water partition coefficient (Wildman–Crippen LogP) is 12.0. The summed E-state index contributed by atoms with van der Waals surface area (Å²) in [6.45, 7) is 9.55. The second kappa shape index (κ2) is 13.8. The van der Waals surface area contributed by atoms with Crippen molar-refractivity contribution in [3.8, 4) is 11.1 Å². The van der Waals surface area contributed by atoms with Crippen molar-refractivity contribution in [2.45, 2.75) is 89.7 Å². The van der Waals surface area contributed by atoms with E-state index in [1.807, 2.05) is 23.5 Å². The molecule has 2 aliphatic heterocycles. The number of hydrogen-bond acceptors (Lipinski definition) is 2. The van der Waals surface area contributed by atoms with Gasteiger partial charge in [-0.25, -0.2) is 0 Å². The highest BCUT2D eigenvalue weighted by Gasteiger charge is 2.46. The third-order valence-corrected chi connectivity index (χ3v) is 20.5. The Bertz CT molecular complexity index is 2620. The molecule has 56 heavy (non-hydrogen) atoms. The predicted molar refractivity (Wildman–Crippen MR) is 242 cm³/mol. The Hall–Kier alpha value is -4.54. The Morgan fingerprint density at radius 3 is 1.59 bits per heavy atom. The number of hydrogen-bond donors (Lipinski definition) is 0. The van der Waals surface area contributed by atoms with Crippen molar-refractivity contribution < 1.29 is 1.37 Å². The smallest absolute Gasteiger partial charge is 0.0895 e. The zero-order valence-electron chi connectivity index (χ0n) is 33.7. The summed E-state index contributed by atoms with van der Waals surface area (Å²) in [5, 5.41) is 5.53. The SMILES string of the molecule is [2H]C1(c2cc([Si](c3ccccc3)(c3ccccc3)c3cccc4c3Sc3ccccc3C4(C)C)ccc2-c2cccc3c2Sc2ccccc2C3(C)C)CCCC1. The molecule has 0 bridgehead atoms. The van der Waals surface area contributed by atoms with Crippen LogP contribution in [0.5, 0.6) is 0 Å². The average Bonchev–Trinajstić information content (AvgIpc) is 3.69. The van der Waals surface area contributed by atoms with Crippen molar-refractivity contribution in [1.29, 1.82) is 0 Å². The summed E-state index contributed by atoms with van der Waals surface area (Å²) in [5.74, 6) is -0.667. The first-order valence-corrected chi connectivity index (χ1v) is 23.9. The lowest BCUT2D eigenvalue weighted by Crippen LogP contribution is -2.75. The van der Waals surface area contributed by atoms with Crippen molar-refractivity contribution in [2.75, 3.05) is 0 Å². The fourth-order valence-electron chi connectivity index (χ4n) is 10.2. The molecule has 276 valence electrons. The molecule has 3 aliphatic rings. The van der Waals surface area contributed by atoms with Crippen LogP contribution in [0.1, 0.15) is 88.5 Å². The molecule has 1 aliphatic carbocycles. The number of benzene rings is 7. The highest BCUT2D eigenvalue weighted by molar-refractivity contribution is 8.00. The largest absolute Gasteiger partial charge is 0.180 e. The van der Waals surface area contributed by atoms with E-state index in [1.54, 1.807) is 0 Å². The molecular weight excluding hydrogens is 729 g/mol. The quantitative estimate of drug-likeness (QED) is 0.122. The van der Waals surface area contributed by atoms with Gasteiger partial charge in [-0.05, 0) is 90.6 Å². The lowest BCUT2D eigenvalue weighted by molar-refractivity contribution is 0.608. The van der Waals surface area contributed by atoms with Gasteiger partial charge in [-0.15, -0.1) is 0 Å². The van der Waals surface area contributed by atoms with Gasteiger partial charge in [-0.1, -0.05) is 216 Å². The molecule has 0 aromatic heterocycles. The Labute approximate surface area is 344 Å². The zero-order valence-corrected chi connectivity index (χ0v) is 35.4. The standard InChI is InChI=1S/C53H48S2Si/c1-52(2)43-26-13-15-30-47(43)54-50-41(25-17-28-45(50)52)40-34-33-39(35-42(40)36-19-11-12-20-36)56(37-21-7-5-8-22-37,38-23-9-6-10-24-38)49-32-18-29-46-51(49)55-48-31-16-14-27-44(48)53(46,3)4/h5-10,13-18,21-36H,11-12,19-20H2,1-4H3/i36D. The molecule has 0 amide bonds. The first kappa shape index (κ1) is 34.7. The Morgan fingerprint density at radius 2 is 0.982 bits per heavy atom. The van der Waals surface area contributed by atoms with E-state index in [1.165, 1.54) is 79.3 Å². The van der Waals surface area contributed by atoms with Crippen LogP contribution in [0.25, 0.3) is 11.1 Å². The van der Waals surface area contributed by atoms with E-state index in [0.29, 0.717) is 0 Å². The molecule has 3 heteroatoms. The van der Waals surface area contributed by atoms with Crippen molar-refractivity contribution in [3.63, 3.8) is 0 Å². The maximum atomic E-state index is 10.4. The first-order chi connectivity index (χ1) is 27.6. The van der Waals surface area contributed by atoms with Crippen LogP contribution >= 0.6 is 23.5 Å². The van der Waals surface area contributed by atoms with Crippen LogP contribution in [0, 0.1) is 0 Å². The van der Waals surface area contributed by atoms with Gasteiger partial charge in [-0.3, -0.25) is 0 Å². The molecular formula is C53H48S2Si. The minimum absolute atomic E-state index is 0.127. The van der Waals surface area contributed by atoms with E-state index in [2.05, 4.69) is 191 Å². The maximum absolute atomic E-state index is 10.4. The van der Waals surface area contributed by atoms with Gasteiger partial charge in [0.1, 0.15) is 0 Å². The molecule has 0 unspecified atom stereocenters. The normalized spacial score (nSPS) is 17.5. The molecule has 7 aromatic carbocycles. The molecule has 2 heterocycles. The molecule has 10 rings (SSSR count). The van der Waals surface area contributed by atoms with Crippen LogP contribution in [-0.4, -0.2) is 8.07 Å². The second-order valence-corrected chi connectivity index (χ2v) is 22.7. The van der Waals surface area contributed by atoms with E-state index < -0.39 is 14.0 Å². The first-order valence-electron chi connectivity index (χ1n) is 20.7. The number of rotatable bonds is 6. The summed E-state index contributed by atoms with van der Waals surface area (Å²) in [6, 6.07) is 62.2. The molecule has 1 saturated carbocycles. The van der Waals surface area contributed by atoms with Gasteiger partial charge in [0.05, 0.1) is 0 Å². The molecule has 0 saturated heterocycles. The Morgan fingerprint density at radius 1 is 0.482 bits per heavy atom. The highest BCUT2D eigenvalue weighted by atomic mass is 32.2. The van der Waals surface area contributed by atoms with Gasteiger partial charge in [0.2, 0.25) is 0 Å². The lowest BCUT2D eigenvalue weighted by Gasteiger charge is -2.41. The molecule has 0 nitrogen and oxygen atoms in total. The van der Waals surface area contributed by atoms with Gasteiger partial charge in [0, 0.05) is 31.8 Å². The van der Waals surface area contributed by atoms with Crippen LogP contribution in [0.3, 0.4) is 0 Å². The summed E-state index contributed by atoms with van der Waals surface area (Å²) in [6.07, 6.45) is 3.94. The van der Waals surface area contributed by atoms with Crippen LogP contribution in [-0.2, 0) is 10.8 Å². The topological polar surface area (TPSA) is 0 Å². The fourth-order valence-corrected chi connectivity index (χ4v) is 18.5. The molecule has 0 radical (unpaired) electrons. The van der Waals surface area contributed by atoms with Crippen LogP contribution in [0.4, 0.5) is 0 Å². The van der Waals surface area contributed by atoms with Crippen LogP contribution in [0.15, 0.2) is 183 Å². The van der Waals surface area contributed by atoms with Gasteiger partial charge in [-0.2, -0.15) is 0 Å². The Kier molecular flexibility index (Phi) is 8.57. The van der Waals surface area contributed by atoms with E-state index in [9.17, 15) is 1.37 Å². The lowest BCUT2D eigenvalue weighted by atomic mass is 9.76. The molecule has 0 spiro atoms. The monoisotopic (exact) mass is 777 g/mol. The van der Waals surface area contributed by atoms with Crippen LogP contribution < -0.4 is 20.7 Å². The van der Waals surface area contributed by atoms with Gasteiger partial charge in [0.15, 0.2) is 8.07 Å². The van der Waals surface area contributed by atoms with Crippen molar-refractivity contribution in [2.24, 2.45) is 0 Å². The van der Waals surface area contributed by atoms with E-state index in [4.69, 9.17) is 0 Å². The molecule has 0 N–H and O–H groups in total. The van der Waals surface area contributed by atoms with Crippen molar-refractivity contribution in [1.82, 2.24) is 0 Å². The minimum atomic E-state index is -3.01. The van der Waals surface area contributed by atoms with E-state index >= 15 is 0 Å². The van der Waals surface area contributed by atoms with Gasteiger partial charge < -0.3 is 0 Å². The second-order valence-electron chi connectivity index (χ2n) is 16.9. The fraction of sp³-hybridized carbons (Fsp3) is 0.208. The Balaban J connectivity index is 1.28. The number of fused-ring (bicyclic) bond motifs is 4. The van der Waals surface area contributed by atoms with Gasteiger partial charge in [0.25, 0.3) is 0 Å². The third kappa shape index (κ3) is 5.49. The summed E-state index contributed by atoms with van der Waals surface area (Å²) in [5.41, 5.74) is 8.95.